The van der Waals surface area contributed by atoms with Crippen LogP contribution in [0.4, 0.5) is 0 Å². The van der Waals surface area contributed by atoms with Gasteiger partial charge in [0.25, 0.3) is 0 Å². The largest absolute Gasteiger partial charge is 0.492 e. The number of carbonyl (C=O) groups excluding carboxylic acids is 1. The highest BCUT2D eigenvalue weighted by atomic mass is 35.5. The number of hydrogen-bond acceptors (Lipinski definition) is 4. The summed E-state index contributed by atoms with van der Waals surface area (Å²) in [7, 11) is 1.81. The molecule has 2 N–H and O–H groups in total. The third-order valence-electron chi connectivity index (χ3n) is 4.10. The summed E-state index contributed by atoms with van der Waals surface area (Å²) in [6, 6.07) is 7.01. The number of halogens is 1. The van der Waals surface area contributed by atoms with Crippen LogP contribution in [-0.2, 0) is 11.2 Å². The first-order chi connectivity index (χ1) is 11.7. The van der Waals surface area contributed by atoms with Gasteiger partial charge in [0, 0.05) is 32.3 Å². The Morgan fingerprint density at radius 2 is 2.29 bits per heavy atom. The zero-order valence-electron chi connectivity index (χ0n) is 13.6. The summed E-state index contributed by atoms with van der Waals surface area (Å²) in [6.07, 6.45) is 3.25. The molecule has 0 fully saturated rings. The Kier molecular flexibility index (Phi) is 5.37. The van der Waals surface area contributed by atoms with Crippen molar-refractivity contribution in [1.29, 1.82) is 0 Å². The molecule has 0 spiro atoms. The zero-order valence-corrected chi connectivity index (χ0v) is 14.3. The molecule has 1 aromatic heterocycles. The van der Waals surface area contributed by atoms with Gasteiger partial charge in [0.2, 0.25) is 5.91 Å². The van der Waals surface area contributed by atoms with E-state index in [0.717, 1.165) is 30.8 Å². The Morgan fingerprint density at radius 3 is 3.12 bits per heavy atom. The smallest absolute Gasteiger partial charge is 0.245 e. The number of hydrogen-bond donors (Lipinski definition) is 2. The van der Waals surface area contributed by atoms with Gasteiger partial charge in [-0.1, -0.05) is 23.7 Å². The second-order valence-corrected chi connectivity index (χ2v) is 6.20. The number of carbonyl (C=O) groups is 1. The van der Waals surface area contributed by atoms with Crippen LogP contribution in [0.1, 0.15) is 23.9 Å². The molecular formula is C17H21ClN4O2. The van der Waals surface area contributed by atoms with Crippen molar-refractivity contribution >= 4 is 17.5 Å². The van der Waals surface area contributed by atoms with Crippen LogP contribution >= 0.6 is 11.6 Å². The van der Waals surface area contributed by atoms with Crippen molar-refractivity contribution in [2.45, 2.75) is 18.9 Å². The van der Waals surface area contributed by atoms with Gasteiger partial charge in [-0.2, -0.15) is 0 Å². The Balaban J connectivity index is 1.48. The number of likely N-dealkylation sites (N-methyl/N-ethyl adjacent to an activating group) is 1. The van der Waals surface area contributed by atoms with E-state index in [1.54, 1.807) is 24.3 Å². The fraction of sp³-hybridized carbons (Fsp3) is 0.412. The molecule has 1 aliphatic heterocycles. The standard InChI is InChI=1S/C17H21ClN4O2/c1-22(9-4-10-24-14-6-3-2-5-12(14)18)17(23)16-15-13(7-8-19-16)20-11-21-15/h2-3,5-6,11,16,19H,4,7-10H2,1H3,(H,20,21). The lowest BCUT2D eigenvalue weighted by molar-refractivity contribution is -0.132. The number of amides is 1. The van der Waals surface area contributed by atoms with E-state index in [-0.39, 0.29) is 11.9 Å². The van der Waals surface area contributed by atoms with Crippen molar-refractivity contribution in [1.82, 2.24) is 20.2 Å². The monoisotopic (exact) mass is 348 g/mol. The number of nitrogens with one attached hydrogen (secondary N) is 2. The Bertz CT molecular complexity index is 703. The van der Waals surface area contributed by atoms with Crippen molar-refractivity contribution in [2.75, 3.05) is 26.7 Å². The van der Waals surface area contributed by atoms with E-state index < -0.39 is 0 Å². The minimum absolute atomic E-state index is 0.0285. The number of benzene rings is 1. The lowest BCUT2D eigenvalue weighted by atomic mass is 10.0. The number of ether oxygens (including phenoxy) is 1. The van der Waals surface area contributed by atoms with Crippen molar-refractivity contribution in [3.8, 4) is 5.75 Å². The summed E-state index contributed by atoms with van der Waals surface area (Å²) in [6.45, 7) is 1.89. The molecule has 0 bridgehead atoms. The lowest BCUT2D eigenvalue weighted by Crippen LogP contribution is -2.42. The molecule has 0 aliphatic carbocycles. The molecule has 3 rings (SSSR count). The number of para-hydroxylation sites is 1. The molecule has 2 aromatic rings. The highest BCUT2D eigenvalue weighted by Gasteiger charge is 2.30. The van der Waals surface area contributed by atoms with Gasteiger partial charge < -0.3 is 19.9 Å². The first kappa shape index (κ1) is 16.8. The maximum Gasteiger partial charge on any atom is 0.245 e. The summed E-state index contributed by atoms with van der Waals surface area (Å²) in [5, 5.41) is 3.84. The molecule has 0 saturated heterocycles. The molecule has 1 amide bonds. The first-order valence-electron chi connectivity index (χ1n) is 8.04. The van der Waals surface area contributed by atoms with Gasteiger partial charge in [-0.05, 0) is 18.6 Å². The van der Waals surface area contributed by atoms with Crippen LogP contribution in [0.5, 0.6) is 5.75 Å². The van der Waals surface area contributed by atoms with Gasteiger partial charge in [0.05, 0.1) is 23.7 Å². The molecule has 7 heteroatoms. The third kappa shape index (κ3) is 3.71. The van der Waals surface area contributed by atoms with Crippen LogP contribution in [0, 0.1) is 0 Å². The van der Waals surface area contributed by atoms with Gasteiger partial charge in [0.15, 0.2) is 0 Å². The minimum Gasteiger partial charge on any atom is -0.492 e. The minimum atomic E-state index is -0.366. The van der Waals surface area contributed by atoms with Crippen LogP contribution in [-0.4, -0.2) is 47.5 Å². The highest BCUT2D eigenvalue weighted by molar-refractivity contribution is 6.32. The van der Waals surface area contributed by atoms with E-state index in [9.17, 15) is 4.79 Å². The number of H-pyrrole nitrogens is 1. The quantitative estimate of drug-likeness (QED) is 0.785. The molecular weight excluding hydrogens is 328 g/mol. The van der Waals surface area contributed by atoms with Crippen molar-refractivity contribution in [3.63, 3.8) is 0 Å². The summed E-state index contributed by atoms with van der Waals surface area (Å²) in [5.41, 5.74) is 1.85. The second-order valence-electron chi connectivity index (χ2n) is 5.80. The molecule has 1 unspecified atom stereocenters. The van der Waals surface area contributed by atoms with Gasteiger partial charge in [-0.25, -0.2) is 4.98 Å². The number of fused-ring (bicyclic) bond motifs is 1. The van der Waals surface area contributed by atoms with Crippen molar-refractivity contribution in [2.24, 2.45) is 0 Å². The van der Waals surface area contributed by atoms with Crippen LogP contribution in [0.15, 0.2) is 30.6 Å². The van der Waals surface area contributed by atoms with E-state index in [1.807, 2.05) is 18.2 Å². The number of nitrogens with zero attached hydrogens (tertiary/aromatic N) is 2. The Labute approximate surface area is 146 Å². The second kappa shape index (κ2) is 7.68. The van der Waals surface area contributed by atoms with Crippen LogP contribution in [0.25, 0.3) is 0 Å². The van der Waals surface area contributed by atoms with Crippen LogP contribution in [0.2, 0.25) is 5.02 Å². The van der Waals surface area contributed by atoms with E-state index in [0.29, 0.717) is 23.9 Å². The molecule has 0 saturated carbocycles. The van der Waals surface area contributed by atoms with Crippen molar-refractivity contribution in [3.05, 3.63) is 47.0 Å². The van der Waals surface area contributed by atoms with E-state index in [2.05, 4.69) is 15.3 Å². The average Bonchev–Trinajstić information content (AvgIpc) is 3.08. The summed E-state index contributed by atoms with van der Waals surface area (Å²) in [4.78, 5) is 21.7. The topological polar surface area (TPSA) is 70.2 Å². The van der Waals surface area contributed by atoms with Gasteiger partial charge >= 0.3 is 0 Å². The maximum absolute atomic E-state index is 12.6. The van der Waals surface area contributed by atoms with E-state index in [4.69, 9.17) is 16.3 Å². The number of aromatic nitrogens is 2. The molecule has 1 aliphatic rings. The molecule has 0 radical (unpaired) electrons. The molecule has 1 aromatic carbocycles. The predicted octanol–water partition coefficient (Wildman–Crippen LogP) is 2.18. The SMILES string of the molecule is CN(CCCOc1ccccc1Cl)C(=O)C1NCCc2[nH]cnc21. The first-order valence-corrected chi connectivity index (χ1v) is 8.42. The molecule has 1 atom stereocenters. The molecule has 2 heterocycles. The molecule has 24 heavy (non-hydrogen) atoms. The third-order valence-corrected chi connectivity index (χ3v) is 4.42. The number of rotatable bonds is 6. The van der Waals surface area contributed by atoms with Gasteiger partial charge in [0.1, 0.15) is 11.8 Å². The van der Waals surface area contributed by atoms with E-state index >= 15 is 0 Å². The average molecular weight is 349 g/mol. The van der Waals surface area contributed by atoms with Crippen molar-refractivity contribution < 1.29 is 9.53 Å². The normalized spacial score (nSPS) is 16.5. The van der Waals surface area contributed by atoms with Crippen LogP contribution in [0.3, 0.4) is 0 Å². The predicted molar refractivity (Wildman–Crippen MR) is 92.2 cm³/mol. The Hall–Kier alpha value is -2.05. The number of imidazole rings is 1. The molecule has 128 valence electrons. The maximum atomic E-state index is 12.6. The summed E-state index contributed by atoms with van der Waals surface area (Å²) in [5.74, 6) is 0.698. The molecule has 6 nitrogen and oxygen atoms in total. The fourth-order valence-electron chi connectivity index (χ4n) is 2.80. The van der Waals surface area contributed by atoms with E-state index in [1.165, 1.54) is 0 Å². The van der Waals surface area contributed by atoms with Crippen LogP contribution < -0.4 is 10.1 Å². The number of aromatic amines is 1. The Morgan fingerprint density at radius 1 is 1.46 bits per heavy atom. The van der Waals surface area contributed by atoms with Gasteiger partial charge in [-0.15, -0.1) is 0 Å². The summed E-state index contributed by atoms with van der Waals surface area (Å²) >= 11 is 6.05. The summed E-state index contributed by atoms with van der Waals surface area (Å²) < 4.78 is 5.65. The fourth-order valence-corrected chi connectivity index (χ4v) is 2.99. The van der Waals surface area contributed by atoms with Gasteiger partial charge in [-0.3, -0.25) is 4.79 Å². The highest BCUT2D eigenvalue weighted by Crippen LogP contribution is 2.23. The lowest BCUT2D eigenvalue weighted by Gasteiger charge is -2.27. The zero-order chi connectivity index (χ0) is 16.9.